The molecule has 3 aromatic rings. The number of carbonyl (C=O) groups is 1. The number of rotatable bonds is 5. The number of nitrogens with one attached hydrogen (secondary N) is 1. The maximum absolute atomic E-state index is 11.6. The van der Waals surface area contributed by atoms with Crippen LogP contribution in [0.2, 0.25) is 0 Å². The average Bonchev–Trinajstić information content (AvgIpc) is 3.18. The number of hydrogen-bond acceptors (Lipinski definition) is 6. The maximum Gasteiger partial charge on any atom is 0.243 e. The summed E-state index contributed by atoms with van der Waals surface area (Å²) in [6, 6.07) is 9.82. The predicted octanol–water partition coefficient (Wildman–Crippen LogP) is 2.62. The van der Waals surface area contributed by atoms with Crippen molar-refractivity contribution in [1.82, 2.24) is 25.1 Å². The molecular formula is C23H24N6O2. The number of hydrogen-bond donors (Lipinski definition) is 2. The van der Waals surface area contributed by atoms with Crippen LogP contribution in [0.3, 0.4) is 0 Å². The van der Waals surface area contributed by atoms with Crippen molar-refractivity contribution in [3.8, 4) is 17.6 Å². The summed E-state index contributed by atoms with van der Waals surface area (Å²) in [5.74, 6) is 7.05. The number of ether oxygens (including phenoxy) is 1. The molecule has 1 aliphatic carbocycles. The monoisotopic (exact) mass is 416 g/mol. The number of benzene rings is 1. The lowest BCUT2D eigenvalue weighted by atomic mass is 9.91. The largest absolute Gasteiger partial charge is 0.481 e. The molecule has 2 aromatic heterocycles. The van der Waals surface area contributed by atoms with E-state index in [1.807, 2.05) is 35.0 Å². The zero-order valence-corrected chi connectivity index (χ0v) is 17.1. The van der Waals surface area contributed by atoms with Gasteiger partial charge in [-0.05, 0) is 49.8 Å². The highest BCUT2D eigenvalue weighted by atomic mass is 16.5. The Hall–Kier alpha value is -3.86. The molecule has 1 saturated carbocycles. The third kappa shape index (κ3) is 4.67. The molecule has 0 atom stereocenters. The second-order valence-electron chi connectivity index (χ2n) is 7.37. The predicted molar refractivity (Wildman–Crippen MR) is 118 cm³/mol. The van der Waals surface area contributed by atoms with Crippen LogP contribution in [0.4, 0.5) is 5.82 Å². The van der Waals surface area contributed by atoms with Crippen molar-refractivity contribution in [3.63, 3.8) is 0 Å². The zero-order chi connectivity index (χ0) is 21.6. The number of nitrogen functional groups attached to an aromatic ring is 1. The normalized spacial score (nSPS) is 18.1. The van der Waals surface area contributed by atoms with Gasteiger partial charge in [-0.15, -0.1) is 0 Å². The molecule has 0 unspecified atom stereocenters. The van der Waals surface area contributed by atoms with Gasteiger partial charge >= 0.3 is 0 Å². The van der Waals surface area contributed by atoms with E-state index in [1.54, 1.807) is 0 Å². The van der Waals surface area contributed by atoms with Crippen LogP contribution in [0.15, 0.2) is 49.3 Å². The van der Waals surface area contributed by atoms with E-state index < -0.39 is 0 Å². The molecule has 31 heavy (non-hydrogen) atoms. The van der Waals surface area contributed by atoms with Crippen molar-refractivity contribution in [2.24, 2.45) is 0 Å². The highest BCUT2D eigenvalue weighted by Gasteiger charge is 2.26. The molecular weight excluding hydrogens is 392 g/mol. The van der Waals surface area contributed by atoms with Crippen molar-refractivity contribution < 1.29 is 9.53 Å². The van der Waals surface area contributed by atoms with E-state index in [2.05, 4.69) is 33.7 Å². The van der Waals surface area contributed by atoms with Crippen LogP contribution in [0, 0.1) is 11.8 Å². The maximum atomic E-state index is 11.6. The fourth-order valence-corrected chi connectivity index (χ4v) is 3.82. The van der Waals surface area contributed by atoms with E-state index in [9.17, 15) is 4.79 Å². The van der Waals surface area contributed by atoms with Crippen LogP contribution < -0.4 is 15.8 Å². The Labute approximate surface area is 180 Å². The van der Waals surface area contributed by atoms with E-state index in [-0.39, 0.29) is 24.6 Å². The van der Waals surface area contributed by atoms with Crippen molar-refractivity contribution in [2.45, 2.75) is 37.8 Å². The van der Waals surface area contributed by atoms with Crippen molar-refractivity contribution in [1.29, 1.82) is 0 Å². The van der Waals surface area contributed by atoms with E-state index in [1.165, 1.54) is 12.4 Å². The van der Waals surface area contributed by atoms with Crippen LogP contribution in [-0.2, 0) is 4.79 Å². The van der Waals surface area contributed by atoms with E-state index in [0.717, 1.165) is 31.4 Å². The molecule has 1 amide bonds. The SMILES string of the molecule is C=CC(=O)NC1CCC(n2nc(C#CCOc3ccccc3)c3c(N)ncnc32)CC1. The van der Waals surface area contributed by atoms with Gasteiger partial charge in [-0.1, -0.05) is 30.7 Å². The molecule has 0 bridgehead atoms. The molecule has 2 heterocycles. The van der Waals surface area contributed by atoms with Crippen LogP contribution in [-0.4, -0.2) is 38.3 Å². The Morgan fingerprint density at radius 1 is 1.26 bits per heavy atom. The number of aromatic nitrogens is 4. The second-order valence-corrected chi connectivity index (χ2v) is 7.37. The van der Waals surface area contributed by atoms with E-state index >= 15 is 0 Å². The van der Waals surface area contributed by atoms with Gasteiger partial charge in [0.1, 0.15) is 30.2 Å². The zero-order valence-electron chi connectivity index (χ0n) is 17.1. The van der Waals surface area contributed by atoms with Gasteiger partial charge in [0, 0.05) is 6.04 Å². The minimum absolute atomic E-state index is 0.135. The van der Waals surface area contributed by atoms with E-state index in [4.69, 9.17) is 15.6 Å². The Morgan fingerprint density at radius 3 is 2.77 bits per heavy atom. The standard InChI is InChI=1S/C23H24N6O2/c1-2-20(30)27-16-10-12-17(13-11-16)29-23-21(22(24)25-15-26-23)19(28-29)9-6-14-31-18-7-4-3-5-8-18/h2-5,7-8,15-17H,1,10-14H2,(H,27,30)(H2,24,25,26). The Morgan fingerprint density at radius 2 is 2.03 bits per heavy atom. The summed E-state index contributed by atoms with van der Waals surface area (Å²) in [6.07, 6.45) is 6.20. The van der Waals surface area contributed by atoms with E-state index in [0.29, 0.717) is 22.5 Å². The van der Waals surface area contributed by atoms with Crippen LogP contribution in [0.5, 0.6) is 5.75 Å². The fourth-order valence-electron chi connectivity index (χ4n) is 3.82. The number of carbonyl (C=O) groups excluding carboxylic acids is 1. The first-order chi connectivity index (χ1) is 15.2. The molecule has 0 radical (unpaired) electrons. The number of amides is 1. The lowest BCUT2D eigenvalue weighted by Gasteiger charge is -2.29. The average molecular weight is 416 g/mol. The fraction of sp³-hybridized carbons (Fsp3) is 0.304. The number of para-hydroxylation sites is 1. The number of fused-ring (bicyclic) bond motifs is 1. The molecule has 4 rings (SSSR count). The summed E-state index contributed by atoms with van der Waals surface area (Å²) in [5, 5.41) is 8.36. The van der Waals surface area contributed by atoms with Gasteiger partial charge in [0.2, 0.25) is 5.91 Å². The van der Waals surface area contributed by atoms with Gasteiger partial charge in [-0.2, -0.15) is 5.10 Å². The molecule has 1 aliphatic rings. The molecule has 1 fully saturated rings. The third-order valence-corrected chi connectivity index (χ3v) is 5.35. The Bertz CT molecular complexity index is 1140. The van der Waals surface area contributed by atoms with Crippen LogP contribution in [0.1, 0.15) is 37.4 Å². The molecule has 0 aliphatic heterocycles. The van der Waals surface area contributed by atoms with Gasteiger partial charge in [-0.3, -0.25) is 4.79 Å². The van der Waals surface area contributed by atoms with Crippen LogP contribution in [0.25, 0.3) is 11.0 Å². The van der Waals surface area contributed by atoms with Gasteiger partial charge in [-0.25, -0.2) is 14.6 Å². The van der Waals surface area contributed by atoms with Crippen molar-refractivity contribution in [3.05, 3.63) is 55.0 Å². The summed E-state index contributed by atoms with van der Waals surface area (Å²) in [7, 11) is 0. The number of nitrogens with two attached hydrogens (primary N) is 1. The molecule has 0 saturated heterocycles. The highest BCUT2D eigenvalue weighted by Crippen LogP contribution is 2.32. The van der Waals surface area contributed by atoms with Gasteiger partial charge in [0.05, 0.1) is 11.4 Å². The molecule has 8 heteroatoms. The lowest BCUT2D eigenvalue weighted by molar-refractivity contribution is -0.117. The Kier molecular flexibility index (Phi) is 6.13. The topological polar surface area (TPSA) is 108 Å². The highest BCUT2D eigenvalue weighted by molar-refractivity contribution is 5.90. The van der Waals surface area contributed by atoms with Gasteiger partial charge in [0.25, 0.3) is 0 Å². The van der Waals surface area contributed by atoms with Crippen molar-refractivity contribution in [2.75, 3.05) is 12.3 Å². The number of anilines is 1. The third-order valence-electron chi connectivity index (χ3n) is 5.35. The molecule has 8 nitrogen and oxygen atoms in total. The van der Waals surface area contributed by atoms with Gasteiger partial charge < -0.3 is 15.8 Å². The summed E-state index contributed by atoms with van der Waals surface area (Å²) in [6.45, 7) is 3.74. The van der Waals surface area contributed by atoms with Crippen LogP contribution >= 0.6 is 0 Å². The Balaban J connectivity index is 1.52. The first-order valence-corrected chi connectivity index (χ1v) is 10.2. The number of nitrogens with zero attached hydrogens (tertiary/aromatic N) is 4. The lowest BCUT2D eigenvalue weighted by Crippen LogP contribution is -2.37. The minimum atomic E-state index is -0.135. The molecule has 0 spiro atoms. The molecule has 3 N–H and O–H groups in total. The first kappa shape index (κ1) is 20.4. The van der Waals surface area contributed by atoms with Gasteiger partial charge in [0.15, 0.2) is 5.65 Å². The second kappa shape index (κ2) is 9.30. The minimum Gasteiger partial charge on any atom is -0.481 e. The molecule has 158 valence electrons. The summed E-state index contributed by atoms with van der Waals surface area (Å²) in [4.78, 5) is 20.1. The molecule has 1 aromatic carbocycles. The quantitative estimate of drug-likeness (QED) is 0.489. The smallest absolute Gasteiger partial charge is 0.243 e. The summed E-state index contributed by atoms with van der Waals surface area (Å²) >= 11 is 0. The summed E-state index contributed by atoms with van der Waals surface area (Å²) in [5.41, 5.74) is 7.36. The first-order valence-electron chi connectivity index (χ1n) is 10.2. The van der Waals surface area contributed by atoms with Crippen molar-refractivity contribution >= 4 is 22.8 Å². The summed E-state index contributed by atoms with van der Waals surface area (Å²) < 4.78 is 7.54.